The van der Waals surface area contributed by atoms with E-state index in [1.807, 2.05) is 0 Å². The Hall–Kier alpha value is -3.69. The SMILES string of the molecule is COc1ccc(Cl)cc1C(=O)NCCc1ccc(S(=O)(=O)NC(=O)NC2CCCCC2)cc1.NC(=O)N=S(=O)=O. The van der Waals surface area contributed by atoms with Crippen LogP contribution in [0.15, 0.2) is 51.7 Å². The fourth-order valence-corrected chi connectivity index (χ4v) is 5.06. The average Bonchev–Trinajstić information content (AvgIpc) is 2.88. The molecule has 0 aromatic heterocycles. The number of ether oxygens (including phenoxy) is 1. The van der Waals surface area contributed by atoms with E-state index in [1.54, 1.807) is 24.3 Å². The number of benzene rings is 2. The van der Waals surface area contributed by atoms with Gasteiger partial charge in [-0.1, -0.05) is 47.4 Å². The second-order valence-corrected chi connectivity index (χ2v) is 11.3. The van der Waals surface area contributed by atoms with Crippen molar-refractivity contribution in [3.05, 3.63) is 58.6 Å². The van der Waals surface area contributed by atoms with E-state index in [9.17, 15) is 31.2 Å². The van der Waals surface area contributed by atoms with Gasteiger partial charge in [0.05, 0.1) is 17.6 Å². The summed E-state index contributed by atoms with van der Waals surface area (Å²) in [5, 5.41) is 5.96. The molecule has 0 radical (unpaired) electrons. The molecule has 0 atom stereocenters. The summed E-state index contributed by atoms with van der Waals surface area (Å²) < 4.78 is 53.3. The van der Waals surface area contributed by atoms with Crippen molar-refractivity contribution in [3.63, 3.8) is 0 Å². The third kappa shape index (κ3) is 11.2. The Balaban J connectivity index is 0.000000708. The highest BCUT2D eigenvalue weighted by atomic mass is 35.5. The molecule has 16 heteroatoms. The van der Waals surface area contributed by atoms with Gasteiger partial charge in [0.1, 0.15) is 5.75 Å². The lowest BCUT2D eigenvalue weighted by Crippen LogP contribution is -2.45. The third-order valence-corrected chi connectivity index (χ3v) is 7.58. The van der Waals surface area contributed by atoms with Crippen LogP contribution in [0.2, 0.25) is 5.02 Å². The second kappa shape index (κ2) is 15.8. The van der Waals surface area contributed by atoms with Crippen molar-refractivity contribution in [3.8, 4) is 5.75 Å². The number of halogens is 1. The van der Waals surface area contributed by atoms with E-state index in [2.05, 4.69) is 25.5 Å². The summed E-state index contributed by atoms with van der Waals surface area (Å²) in [7, 11) is -5.19. The van der Waals surface area contributed by atoms with Crippen molar-refractivity contribution in [2.45, 2.75) is 49.5 Å². The van der Waals surface area contributed by atoms with E-state index < -0.39 is 32.6 Å². The minimum atomic E-state index is -3.97. The monoisotopic (exact) mass is 615 g/mol. The first-order valence-electron chi connectivity index (χ1n) is 12.1. The number of amides is 5. The molecule has 0 saturated heterocycles. The zero-order valence-electron chi connectivity index (χ0n) is 21.6. The van der Waals surface area contributed by atoms with Crippen LogP contribution in [-0.2, 0) is 26.9 Å². The first-order valence-corrected chi connectivity index (χ1v) is 14.9. The average molecular weight is 616 g/mol. The maximum atomic E-state index is 12.5. The molecule has 218 valence electrons. The van der Waals surface area contributed by atoms with Crippen molar-refractivity contribution in [2.75, 3.05) is 13.7 Å². The molecule has 13 nitrogen and oxygen atoms in total. The van der Waals surface area contributed by atoms with Crippen molar-refractivity contribution in [1.29, 1.82) is 0 Å². The fourth-order valence-electron chi connectivity index (χ4n) is 3.82. The molecule has 5 amide bonds. The van der Waals surface area contributed by atoms with Crippen LogP contribution in [0, 0.1) is 0 Å². The molecule has 1 aliphatic carbocycles. The predicted molar refractivity (Wildman–Crippen MR) is 147 cm³/mol. The molecule has 2 aromatic carbocycles. The second-order valence-electron chi connectivity index (χ2n) is 8.55. The highest BCUT2D eigenvalue weighted by Gasteiger charge is 2.21. The van der Waals surface area contributed by atoms with Crippen LogP contribution in [0.4, 0.5) is 9.59 Å². The number of sulfonamides is 1. The van der Waals surface area contributed by atoms with Gasteiger partial charge in [-0.15, -0.1) is 0 Å². The molecule has 3 rings (SSSR count). The van der Waals surface area contributed by atoms with Crippen molar-refractivity contribution < 1.29 is 36.0 Å². The Kier molecular flexibility index (Phi) is 12.8. The fraction of sp³-hybridized carbons (Fsp3) is 0.375. The molecule has 0 spiro atoms. The van der Waals surface area contributed by atoms with Gasteiger partial charge < -0.3 is 21.1 Å². The zero-order chi connectivity index (χ0) is 29.7. The van der Waals surface area contributed by atoms with E-state index in [-0.39, 0.29) is 16.8 Å². The summed E-state index contributed by atoms with van der Waals surface area (Å²) in [6.07, 6.45) is 5.43. The lowest BCUT2D eigenvalue weighted by atomic mass is 9.96. The first-order chi connectivity index (χ1) is 18.9. The maximum absolute atomic E-state index is 12.5. The number of carbonyl (C=O) groups excluding carboxylic acids is 3. The predicted octanol–water partition coefficient (Wildman–Crippen LogP) is 2.77. The van der Waals surface area contributed by atoms with Gasteiger partial charge in [0, 0.05) is 17.6 Å². The zero-order valence-corrected chi connectivity index (χ0v) is 23.9. The van der Waals surface area contributed by atoms with Crippen LogP contribution < -0.4 is 25.8 Å². The lowest BCUT2D eigenvalue weighted by molar-refractivity contribution is 0.0951. The molecule has 1 aliphatic rings. The molecule has 0 unspecified atom stereocenters. The van der Waals surface area contributed by atoms with Crippen LogP contribution in [-0.4, -0.2) is 54.5 Å². The third-order valence-electron chi connectivity index (χ3n) is 5.67. The molecule has 5 N–H and O–H groups in total. The topological polar surface area (TPSA) is 203 Å². The Labute approximate surface area is 238 Å². The number of nitrogens with zero attached hydrogens (tertiary/aromatic N) is 1. The van der Waals surface area contributed by atoms with E-state index in [4.69, 9.17) is 16.3 Å². The lowest BCUT2D eigenvalue weighted by Gasteiger charge is -2.22. The minimum Gasteiger partial charge on any atom is -0.496 e. The van der Waals surface area contributed by atoms with Gasteiger partial charge in [-0.25, -0.2) is 22.7 Å². The van der Waals surface area contributed by atoms with Crippen LogP contribution in [0.3, 0.4) is 0 Å². The standard InChI is InChI=1S/C23H28ClN3O5S.CH2N2O3S/c1-32-21-12-9-17(24)15-20(21)22(28)25-14-13-16-7-10-19(11-8-16)33(30,31)27-23(29)26-18-5-3-2-4-6-18;2-1(4)3-7(5)6/h7-12,15,18H,2-6,13-14H2,1H3,(H,25,28)(H2,26,27,29);(H2,2,4). The van der Waals surface area contributed by atoms with E-state index >= 15 is 0 Å². The molecule has 1 fully saturated rings. The van der Waals surface area contributed by atoms with Gasteiger partial charge in [0.25, 0.3) is 15.9 Å². The number of primary amides is 1. The molecule has 0 bridgehead atoms. The molecule has 0 aliphatic heterocycles. The van der Waals surface area contributed by atoms with Gasteiger partial charge in [-0.2, -0.15) is 8.42 Å². The number of hydrogen-bond donors (Lipinski definition) is 4. The number of methoxy groups -OCH3 is 1. The molecule has 1 saturated carbocycles. The highest BCUT2D eigenvalue weighted by Crippen LogP contribution is 2.22. The summed E-state index contributed by atoms with van der Waals surface area (Å²) in [6.45, 7) is 0.336. The number of urea groups is 2. The molecular formula is C24H30ClN5O8S2. The number of carbonyl (C=O) groups is 3. The first kappa shape index (κ1) is 32.5. The number of nitrogens with two attached hydrogens (primary N) is 1. The molecule has 0 heterocycles. The summed E-state index contributed by atoms with van der Waals surface area (Å²) in [6, 6.07) is 9.09. The molecular weight excluding hydrogens is 586 g/mol. The summed E-state index contributed by atoms with van der Waals surface area (Å²) in [5.74, 6) is 0.105. The van der Waals surface area contributed by atoms with Crippen LogP contribution >= 0.6 is 11.6 Å². The van der Waals surface area contributed by atoms with E-state index in [0.717, 1.165) is 37.7 Å². The summed E-state index contributed by atoms with van der Waals surface area (Å²) in [5.41, 5.74) is 5.46. The van der Waals surface area contributed by atoms with E-state index in [1.165, 1.54) is 25.3 Å². The molecule has 40 heavy (non-hydrogen) atoms. The number of rotatable bonds is 8. The van der Waals surface area contributed by atoms with Crippen LogP contribution in [0.1, 0.15) is 48.0 Å². The Morgan fingerprint density at radius 2 is 1.73 bits per heavy atom. The van der Waals surface area contributed by atoms with Gasteiger partial charge in [-0.05, 0) is 55.2 Å². The Morgan fingerprint density at radius 1 is 1.07 bits per heavy atom. The largest absolute Gasteiger partial charge is 0.496 e. The normalized spacial score (nSPS) is 13.2. The van der Waals surface area contributed by atoms with Gasteiger partial charge in [0.15, 0.2) is 0 Å². The van der Waals surface area contributed by atoms with Crippen LogP contribution in [0.25, 0.3) is 0 Å². The maximum Gasteiger partial charge on any atom is 0.353 e. The Bertz CT molecular complexity index is 1430. The number of nitrogens with one attached hydrogen (secondary N) is 3. The van der Waals surface area contributed by atoms with Crippen LogP contribution in [0.5, 0.6) is 5.75 Å². The summed E-state index contributed by atoms with van der Waals surface area (Å²) >= 11 is 5.96. The highest BCUT2D eigenvalue weighted by molar-refractivity contribution is 7.90. The number of hydrogen-bond acceptors (Lipinski definition) is 8. The smallest absolute Gasteiger partial charge is 0.353 e. The van der Waals surface area contributed by atoms with Crippen molar-refractivity contribution in [1.82, 2.24) is 15.4 Å². The quantitative estimate of drug-likeness (QED) is 0.347. The van der Waals surface area contributed by atoms with E-state index in [0.29, 0.717) is 29.3 Å². The van der Waals surface area contributed by atoms with Crippen molar-refractivity contribution >= 4 is 50.1 Å². The minimum absolute atomic E-state index is 0.00209. The van der Waals surface area contributed by atoms with Gasteiger partial charge in [0.2, 0.25) is 0 Å². The molecule has 2 aromatic rings. The van der Waals surface area contributed by atoms with Gasteiger partial charge >= 0.3 is 22.6 Å². The Morgan fingerprint density at radius 3 is 2.27 bits per heavy atom. The summed E-state index contributed by atoms with van der Waals surface area (Å²) in [4.78, 5) is 34.0. The van der Waals surface area contributed by atoms with Crippen molar-refractivity contribution in [2.24, 2.45) is 10.1 Å². The van der Waals surface area contributed by atoms with Gasteiger partial charge in [-0.3, -0.25) is 4.79 Å².